The van der Waals surface area contributed by atoms with E-state index in [0.717, 1.165) is 0 Å². The molecule has 0 aromatic heterocycles. The smallest absolute Gasteiger partial charge is 0.123 e. The van der Waals surface area contributed by atoms with Crippen LogP contribution in [0, 0.1) is 10.7 Å². The lowest BCUT2D eigenvalue weighted by atomic mass is 10.1. The molecule has 0 fully saturated rings. The van der Waals surface area contributed by atoms with Crippen molar-refractivity contribution in [1.82, 2.24) is 0 Å². The van der Waals surface area contributed by atoms with Crippen molar-refractivity contribution in [3.8, 4) is 0 Å². The molecular formula is C9H8FNO. The summed E-state index contributed by atoms with van der Waals surface area (Å²) in [5.74, 6) is -0.362. The molecule has 1 rings (SSSR count). The number of nitroso groups, excluding NO2 is 1. The Hall–Kier alpha value is -1.51. The van der Waals surface area contributed by atoms with Crippen molar-refractivity contribution in [2.24, 2.45) is 5.18 Å². The highest BCUT2D eigenvalue weighted by Crippen LogP contribution is 2.20. The van der Waals surface area contributed by atoms with Crippen LogP contribution >= 0.6 is 0 Å². The molecule has 0 saturated heterocycles. The predicted molar refractivity (Wildman–Crippen MR) is 45.8 cm³/mol. The molecule has 0 saturated carbocycles. The molecule has 1 aromatic rings. The van der Waals surface area contributed by atoms with Crippen LogP contribution < -0.4 is 0 Å². The Bertz CT molecular complexity index is 309. The van der Waals surface area contributed by atoms with E-state index in [4.69, 9.17) is 0 Å². The van der Waals surface area contributed by atoms with Crippen LogP contribution in [-0.4, -0.2) is 0 Å². The number of rotatable bonds is 3. The molecular weight excluding hydrogens is 157 g/mol. The third-order valence-corrected chi connectivity index (χ3v) is 1.50. The summed E-state index contributed by atoms with van der Waals surface area (Å²) in [4.78, 5) is 10.2. The molecule has 12 heavy (non-hydrogen) atoms. The maximum absolute atomic E-state index is 12.6. The lowest BCUT2D eigenvalue weighted by Gasteiger charge is -1.98. The van der Waals surface area contributed by atoms with Crippen molar-refractivity contribution in [1.29, 1.82) is 0 Å². The Morgan fingerprint density at radius 1 is 1.58 bits per heavy atom. The lowest BCUT2D eigenvalue weighted by molar-refractivity contribution is 0.626. The number of hydrogen-bond acceptors (Lipinski definition) is 2. The van der Waals surface area contributed by atoms with Gasteiger partial charge in [-0.2, -0.15) is 0 Å². The molecule has 0 unspecified atom stereocenters. The normalized spacial score (nSPS) is 9.42. The van der Waals surface area contributed by atoms with Crippen molar-refractivity contribution < 1.29 is 4.39 Å². The molecule has 0 amide bonds. The molecule has 0 atom stereocenters. The first-order valence-corrected chi connectivity index (χ1v) is 3.50. The average Bonchev–Trinajstić information content (AvgIpc) is 2.05. The molecule has 0 heterocycles. The summed E-state index contributed by atoms with van der Waals surface area (Å²) in [6, 6.07) is 3.86. The van der Waals surface area contributed by atoms with Gasteiger partial charge in [-0.15, -0.1) is 11.5 Å². The highest BCUT2D eigenvalue weighted by molar-refractivity contribution is 5.46. The molecule has 0 aliphatic heterocycles. The monoisotopic (exact) mass is 165 g/mol. The van der Waals surface area contributed by atoms with Crippen molar-refractivity contribution in [3.63, 3.8) is 0 Å². The van der Waals surface area contributed by atoms with E-state index < -0.39 is 0 Å². The van der Waals surface area contributed by atoms with E-state index in [1.165, 1.54) is 18.2 Å². The molecule has 0 aliphatic rings. The van der Waals surface area contributed by atoms with E-state index in [1.807, 2.05) is 0 Å². The maximum Gasteiger partial charge on any atom is 0.123 e. The first kappa shape index (κ1) is 8.59. The zero-order valence-electron chi connectivity index (χ0n) is 6.46. The summed E-state index contributed by atoms with van der Waals surface area (Å²) in [5.41, 5.74) is 0.844. The largest absolute Gasteiger partial charge is 0.207 e. The van der Waals surface area contributed by atoms with Crippen LogP contribution in [0.1, 0.15) is 5.56 Å². The van der Waals surface area contributed by atoms with Crippen LogP contribution in [0.3, 0.4) is 0 Å². The minimum atomic E-state index is -0.362. The van der Waals surface area contributed by atoms with Gasteiger partial charge in [0.1, 0.15) is 11.5 Å². The third kappa shape index (κ3) is 1.75. The Morgan fingerprint density at radius 3 is 2.92 bits per heavy atom. The second-order valence-corrected chi connectivity index (χ2v) is 2.36. The average molecular weight is 165 g/mol. The van der Waals surface area contributed by atoms with Gasteiger partial charge in [-0.1, -0.05) is 6.08 Å². The first-order valence-electron chi connectivity index (χ1n) is 3.50. The van der Waals surface area contributed by atoms with E-state index >= 15 is 0 Å². The van der Waals surface area contributed by atoms with Gasteiger partial charge in [0.2, 0.25) is 0 Å². The van der Waals surface area contributed by atoms with Crippen LogP contribution in [0.5, 0.6) is 0 Å². The fourth-order valence-electron chi connectivity index (χ4n) is 0.962. The summed E-state index contributed by atoms with van der Waals surface area (Å²) in [5, 5.41) is 2.77. The molecule has 0 aliphatic carbocycles. The quantitative estimate of drug-likeness (QED) is 0.500. The SMILES string of the molecule is C=CCc1cc(F)ccc1N=O. The van der Waals surface area contributed by atoms with Gasteiger partial charge in [-0.3, -0.25) is 0 Å². The number of nitrogens with zero attached hydrogens (tertiary/aromatic N) is 1. The van der Waals surface area contributed by atoms with Crippen LogP contribution in [0.25, 0.3) is 0 Å². The highest BCUT2D eigenvalue weighted by atomic mass is 19.1. The molecule has 0 spiro atoms. The number of allylic oxidation sites excluding steroid dienone is 1. The maximum atomic E-state index is 12.6. The fraction of sp³-hybridized carbons (Fsp3) is 0.111. The van der Waals surface area contributed by atoms with Gasteiger partial charge in [0.05, 0.1) is 0 Å². The van der Waals surface area contributed by atoms with Gasteiger partial charge in [-0.05, 0) is 35.4 Å². The third-order valence-electron chi connectivity index (χ3n) is 1.50. The van der Waals surface area contributed by atoms with Crippen LogP contribution in [0.4, 0.5) is 10.1 Å². The van der Waals surface area contributed by atoms with Crippen molar-refractivity contribution >= 4 is 5.69 Å². The van der Waals surface area contributed by atoms with Gasteiger partial charge in [0, 0.05) is 0 Å². The minimum Gasteiger partial charge on any atom is -0.207 e. The van der Waals surface area contributed by atoms with Gasteiger partial charge in [0.15, 0.2) is 0 Å². The van der Waals surface area contributed by atoms with Gasteiger partial charge in [0.25, 0.3) is 0 Å². The van der Waals surface area contributed by atoms with E-state index in [1.54, 1.807) is 6.08 Å². The number of benzene rings is 1. The second-order valence-electron chi connectivity index (χ2n) is 2.36. The summed E-state index contributed by atoms with van der Waals surface area (Å²) < 4.78 is 12.6. The minimum absolute atomic E-state index is 0.274. The number of halogens is 1. The van der Waals surface area contributed by atoms with Crippen molar-refractivity contribution in [2.45, 2.75) is 6.42 Å². The molecule has 1 aromatic carbocycles. The Balaban J connectivity index is 3.11. The van der Waals surface area contributed by atoms with Crippen LogP contribution in [0.15, 0.2) is 36.0 Å². The molecule has 3 heteroatoms. The lowest BCUT2D eigenvalue weighted by Crippen LogP contribution is -1.83. The first-order chi connectivity index (χ1) is 5.77. The standard InChI is InChI=1S/C9H8FNO/c1-2-3-7-6-8(10)4-5-9(7)11-12/h2,4-6H,1,3H2. The van der Waals surface area contributed by atoms with Crippen LogP contribution in [-0.2, 0) is 6.42 Å². The Morgan fingerprint density at radius 2 is 2.33 bits per heavy atom. The zero-order valence-corrected chi connectivity index (χ0v) is 6.46. The van der Waals surface area contributed by atoms with E-state index in [2.05, 4.69) is 11.8 Å². The van der Waals surface area contributed by atoms with Crippen molar-refractivity contribution in [3.05, 3.63) is 47.1 Å². The zero-order chi connectivity index (χ0) is 8.97. The summed E-state index contributed by atoms with van der Waals surface area (Å²) in [6.45, 7) is 3.49. The van der Waals surface area contributed by atoms with E-state index in [-0.39, 0.29) is 11.5 Å². The van der Waals surface area contributed by atoms with Gasteiger partial charge < -0.3 is 0 Å². The molecule has 2 nitrogen and oxygen atoms in total. The highest BCUT2D eigenvalue weighted by Gasteiger charge is 2.01. The van der Waals surface area contributed by atoms with E-state index in [0.29, 0.717) is 12.0 Å². The van der Waals surface area contributed by atoms with Gasteiger partial charge in [-0.25, -0.2) is 4.39 Å². The van der Waals surface area contributed by atoms with Crippen molar-refractivity contribution in [2.75, 3.05) is 0 Å². The predicted octanol–water partition coefficient (Wildman–Crippen LogP) is 2.95. The molecule has 0 radical (unpaired) electrons. The molecule has 0 N–H and O–H groups in total. The van der Waals surface area contributed by atoms with E-state index in [9.17, 15) is 9.30 Å². The van der Waals surface area contributed by atoms with Gasteiger partial charge >= 0.3 is 0 Å². The van der Waals surface area contributed by atoms with Crippen LogP contribution in [0.2, 0.25) is 0 Å². The Labute approximate surface area is 69.7 Å². The Kier molecular flexibility index (Phi) is 2.69. The topological polar surface area (TPSA) is 29.4 Å². The molecule has 62 valence electrons. The summed E-state index contributed by atoms with van der Waals surface area (Å²) in [6.07, 6.45) is 2.06. The summed E-state index contributed by atoms with van der Waals surface area (Å²) >= 11 is 0. The second kappa shape index (κ2) is 3.76. The molecule has 0 bridgehead atoms. The number of hydrogen-bond donors (Lipinski definition) is 0. The fourth-order valence-corrected chi connectivity index (χ4v) is 0.962. The summed E-state index contributed by atoms with van der Waals surface area (Å²) in [7, 11) is 0.